The van der Waals surface area contributed by atoms with Gasteiger partial charge in [0.2, 0.25) is 10.0 Å². The SMILES string of the molecule is Cn1cc(-c2ccc3c(C(=O)[C@H](NCCc4ccc(S(N)(=O)=O)cc4)c4ccccc4)cnn3c2)cn1. The fourth-order valence-electron chi connectivity index (χ4n) is 4.28. The molecule has 2 aromatic carbocycles. The molecule has 0 saturated heterocycles. The largest absolute Gasteiger partial charge is 0.303 e. The normalized spacial score (nSPS) is 12.6. The van der Waals surface area contributed by atoms with Crippen molar-refractivity contribution in [2.45, 2.75) is 17.4 Å². The van der Waals surface area contributed by atoms with Gasteiger partial charge in [-0.2, -0.15) is 10.2 Å². The van der Waals surface area contributed by atoms with Crippen LogP contribution in [0.1, 0.15) is 27.5 Å². The summed E-state index contributed by atoms with van der Waals surface area (Å²) in [4.78, 5) is 13.8. The standard InChI is InChI=1S/C27H26N6O3S/c1-32-17-22(15-30-32)21-9-12-25-24(16-31-33(25)18-21)27(34)26(20-5-3-2-4-6-20)29-14-13-19-7-10-23(11-8-19)37(28,35)36/h2-12,15-18,26,29H,13-14H2,1H3,(H2,28,35,36)/t26-/m1/s1. The van der Waals surface area contributed by atoms with E-state index in [4.69, 9.17) is 5.14 Å². The van der Waals surface area contributed by atoms with E-state index in [1.165, 1.54) is 12.1 Å². The van der Waals surface area contributed by atoms with Gasteiger partial charge in [0.25, 0.3) is 0 Å². The number of fused-ring (bicyclic) bond motifs is 1. The van der Waals surface area contributed by atoms with Gasteiger partial charge in [0.1, 0.15) is 0 Å². The minimum atomic E-state index is -3.73. The van der Waals surface area contributed by atoms with Gasteiger partial charge in [-0.15, -0.1) is 0 Å². The molecule has 37 heavy (non-hydrogen) atoms. The van der Waals surface area contributed by atoms with Crippen LogP contribution in [0.3, 0.4) is 0 Å². The Hall–Kier alpha value is -4.12. The minimum absolute atomic E-state index is 0.0707. The lowest BCUT2D eigenvalue weighted by Gasteiger charge is -2.18. The Balaban J connectivity index is 1.37. The van der Waals surface area contributed by atoms with Crippen LogP contribution in [-0.4, -0.2) is 40.1 Å². The van der Waals surface area contributed by atoms with Crippen molar-refractivity contribution < 1.29 is 13.2 Å². The second kappa shape index (κ2) is 10.1. The first kappa shape index (κ1) is 24.6. The summed E-state index contributed by atoms with van der Waals surface area (Å²) in [7, 11) is -1.87. The first-order valence-corrected chi connectivity index (χ1v) is 13.2. The maximum Gasteiger partial charge on any atom is 0.238 e. The van der Waals surface area contributed by atoms with Crippen LogP contribution in [0.2, 0.25) is 0 Å². The minimum Gasteiger partial charge on any atom is -0.303 e. The highest BCUT2D eigenvalue weighted by Gasteiger charge is 2.24. The average molecular weight is 515 g/mol. The van der Waals surface area contributed by atoms with Crippen molar-refractivity contribution in [1.82, 2.24) is 24.7 Å². The highest BCUT2D eigenvalue weighted by Crippen LogP contribution is 2.25. The van der Waals surface area contributed by atoms with Crippen LogP contribution >= 0.6 is 0 Å². The fourth-order valence-corrected chi connectivity index (χ4v) is 4.80. The molecule has 0 fully saturated rings. The first-order valence-electron chi connectivity index (χ1n) is 11.7. The predicted octanol–water partition coefficient (Wildman–Crippen LogP) is 3.14. The molecule has 0 saturated carbocycles. The summed E-state index contributed by atoms with van der Waals surface area (Å²) in [5.74, 6) is -0.0834. The van der Waals surface area contributed by atoms with Crippen molar-refractivity contribution in [3.63, 3.8) is 0 Å². The summed E-state index contributed by atoms with van der Waals surface area (Å²) in [5.41, 5.74) is 4.94. The van der Waals surface area contributed by atoms with Crippen molar-refractivity contribution in [3.8, 4) is 11.1 Å². The van der Waals surface area contributed by atoms with Crippen LogP contribution in [0, 0.1) is 0 Å². The third-order valence-corrected chi connectivity index (χ3v) is 7.16. The van der Waals surface area contributed by atoms with Crippen LogP contribution in [0.5, 0.6) is 0 Å². The van der Waals surface area contributed by atoms with Crippen molar-refractivity contribution in [1.29, 1.82) is 0 Å². The lowest BCUT2D eigenvalue weighted by molar-refractivity contribution is 0.0945. The van der Waals surface area contributed by atoms with Gasteiger partial charge in [-0.1, -0.05) is 48.5 Å². The summed E-state index contributed by atoms with van der Waals surface area (Å²) >= 11 is 0. The second-order valence-electron chi connectivity index (χ2n) is 8.81. The number of hydrogen-bond donors (Lipinski definition) is 2. The number of hydrogen-bond acceptors (Lipinski definition) is 6. The zero-order valence-electron chi connectivity index (χ0n) is 20.2. The number of benzene rings is 2. The summed E-state index contributed by atoms with van der Waals surface area (Å²) in [6.07, 6.45) is 7.81. The van der Waals surface area contributed by atoms with E-state index in [0.29, 0.717) is 18.5 Å². The third kappa shape index (κ3) is 5.36. The molecule has 3 N–H and O–H groups in total. The number of primary sulfonamides is 1. The first-order chi connectivity index (χ1) is 17.8. The number of pyridine rings is 1. The molecule has 9 nitrogen and oxygen atoms in total. The molecule has 0 aliphatic carbocycles. The molecule has 3 aromatic heterocycles. The van der Waals surface area contributed by atoms with E-state index in [2.05, 4.69) is 15.5 Å². The van der Waals surface area contributed by atoms with Gasteiger partial charge in [-0.3, -0.25) is 9.48 Å². The van der Waals surface area contributed by atoms with Crippen molar-refractivity contribution in [2.75, 3.05) is 6.54 Å². The van der Waals surface area contributed by atoms with E-state index in [0.717, 1.165) is 27.8 Å². The number of nitrogens with one attached hydrogen (secondary N) is 1. The van der Waals surface area contributed by atoms with Gasteiger partial charge in [0.05, 0.1) is 34.4 Å². The third-order valence-electron chi connectivity index (χ3n) is 6.23. The van der Waals surface area contributed by atoms with Gasteiger partial charge in [-0.05, 0) is 35.7 Å². The Morgan fingerprint density at radius 1 is 0.946 bits per heavy atom. The van der Waals surface area contributed by atoms with Gasteiger partial charge in [0.15, 0.2) is 5.78 Å². The molecule has 0 aliphatic rings. The second-order valence-corrected chi connectivity index (χ2v) is 10.4. The van der Waals surface area contributed by atoms with E-state index in [1.54, 1.807) is 33.7 Å². The predicted molar refractivity (Wildman–Crippen MR) is 140 cm³/mol. The summed E-state index contributed by atoms with van der Waals surface area (Å²) in [6.45, 7) is 0.504. The van der Waals surface area contributed by atoms with Crippen LogP contribution in [0.4, 0.5) is 0 Å². The zero-order valence-corrected chi connectivity index (χ0v) is 21.0. The van der Waals surface area contributed by atoms with Gasteiger partial charge >= 0.3 is 0 Å². The molecule has 0 aliphatic heterocycles. The van der Waals surface area contributed by atoms with Gasteiger partial charge in [0, 0.05) is 37.1 Å². The van der Waals surface area contributed by atoms with Crippen LogP contribution in [0.15, 0.2) is 96.4 Å². The van der Waals surface area contributed by atoms with E-state index < -0.39 is 16.1 Å². The summed E-state index contributed by atoms with van der Waals surface area (Å²) in [6, 6.07) is 19.3. The van der Waals surface area contributed by atoms with Crippen LogP contribution in [0.25, 0.3) is 16.6 Å². The molecule has 0 radical (unpaired) electrons. The molecule has 0 bridgehead atoms. The van der Waals surface area contributed by atoms with Crippen LogP contribution in [-0.2, 0) is 23.5 Å². The van der Waals surface area contributed by atoms with Crippen molar-refractivity contribution in [3.05, 3.63) is 108 Å². The quantitative estimate of drug-likeness (QED) is 0.291. The number of carbonyl (C=O) groups excluding carboxylic acids is 1. The summed E-state index contributed by atoms with van der Waals surface area (Å²) in [5, 5.41) is 17.2. The number of aromatic nitrogens is 4. The molecule has 10 heteroatoms. The highest BCUT2D eigenvalue weighted by molar-refractivity contribution is 7.89. The van der Waals surface area contributed by atoms with E-state index in [1.807, 2.05) is 61.9 Å². The molecule has 0 spiro atoms. The highest BCUT2D eigenvalue weighted by atomic mass is 32.2. The molecule has 1 atom stereocenters. The number of nitrogens with two attached hydrogens (primary N) is 1. The topological polar surface area (TPSA) is 124 Å². The number of rotatable bonds is 9. The lowest BCUT2D eigenvalue weighted by Crippen LogP contribution is -2.30. The Morgan fingerprint density at radius 2 is 1.70 bits per heavy atom. The van der Waals surface area contributed by atoms with Crippen LogP contribution < -0.4 is 10.5 Å². The smallest absolute Gasteiger partial charge is 0.238 e. The summed E-state index contributed by atoms with van der Waals surface area (Å²) < 4.78 is 26.4. The maximum atomic E-state index is 13.8. The number of aryl methyl sites for hydroxylation is 1. The Labute approximate surface area is 214 Å². The Bertz CT molecular complexity index is 1660. The number of ketones is 1. The maximum absolute atomic E-state index is 13.8. The average Bonchev–Trinajstić information content (AvgIpc) is 3.52. The van der Waals surface area contributed by atoms with Gasteiger partial charge < -0.3 is 5.32 Å². The zero-order chi connectivity index (χ0) is 26.0. The molecule has 0 amide bonds. The molecular weight excluding hydrogens is 488 g/mol. The van der Waals surface area contributed by atoms with Crippen molar-refractivity contribution in [2.24, 2.45) is 12.2 Å². The molecule has 5 aromatic rings. The molecule has 188 valence electrons. The molecule has 3 heterocycles. The lowest BCUT2D eigenvalue weighted by atomic mass is 9.97. The number of nitrogens with zero attached hydrogens (tertiary/aromatic N) is 4. The van der Waals surface area contributed by atoms with Crippen molar-refractivity contribution >= 4 is 21.3 Å². The van der Waals surface area contributed by atoms with E-state index in [-0.39, 0.29) is 10.7 Å². The Morgan fingerprint density at radius 3 is 2.38 bits per heavy atom. The molecular formula is C27H26N6O3S. The molecule has 0 unspecified atom stereocenters. The Kier molecular flexibility index (Phi) is 6.70. The molecule has 5 rings (SSSR count). The number of carbonyl (C=O) groups is 1. The number of sulfonamides is 1. The number of Topliss-reactive ketones (excluding diaryl/α,β-unsaturated/α-hetero) is 1. The monoisotopic (exact) mass is 514 g/mol. The fraction of sp³-hybridized carbons (Fsp3) is 0.148. The van der Waals surface area contributed by atoms with Gasteiger partial charge in [-0.25, -0.2) is 18.1 Å². The van der Waals surface area contributed by atoms with E-state index >= 15 is 0 Å². The van der Waals surface area contributed by atoms with E-state index in [9.17, 15) is 13.2 Å².